The summed E-state index contributed by atoms with van der Waals surface area (Å²) in [5.74, 6) is -0.478. The summed E-state index contributed by atoms with van der Waals surface area (Å²) in [6.07, 6.45) is 0. The van der Waals surface area contributed by atoms with Gasteiger partial charge in [0.1, 0.15) is 18.1 Å². The van der Waals surface area contributed by atoms with Crippen LogP contribution in [0.2, 0.25) is 0 Å². The Morgan fingerprint density at radius 3 is 2.32 bits per heavy atom. The van der Waals surface area contributed by atoms with E-state index in [-0.39, 0.29) is 12.3 Å². The van der Waals surface area contributed by atoms with Crippen molar-refractivity contribution in [1.82, 2.24) is 15.0 Å². The van der Waals surface area contributed by atoms with E-state index in [2.05, 4.69) is 10.3 Å². The van der Waals surface area contributed by atoms with Crippen molar-refractivity contribution in [3.8, 4) is 11.4 Å². The maximum Gasteiger partial charge on any atom is 0.358 e. The highest BCUT2D eigenvalue weighted by Crippen LogP contribution is 2.16. The Labute approximate surface area is 126 Å². The Bertz CT molecular complexity index is 770. The number of hydrogen-bond donors (Lipinski definition) is 1. The molecule has 0 fully saturated rings. The van der Waals surface area contributed by atoms with Crippen LogP contribution in [0.4, 0.5) is 0 Å². The van der Waals surface area contributed by atoms with Gasteiger partial charge in [-0.15, -0.1) is 5.10 Å². The lowest BCUT2D eigenvalue weighted by Crippen LogP contribution is -2.10. The molecular weight excluding hydrogens is 282 g/mol. The lowest BCUT2D eigenvalue weighted by molar-refractivity contribution is 0.0687. The molecule has 110 valence electrons. The van der Waals surface area contributed by atoms with Gasteiger partial charge in [-0.1, -0.05) is 41.6 Å². The molecule has 6 heteroatoms. The van der Waals surface area contributed by atoms with Crippen LogP contribution in [0.5, 0.6) is 5.75 Å². The third-order valence-electron chi connectivity index (χ3n) is 3.09. The zero-order valence-electron chi connectivity index (χ0n) is 11.6. The SMILES string of the molecule is O=C(O)c1nnn(-c2ccccc2)c1COc1ccccc1. The zero-order chi connectivity index (χ0) is 15.4. The van der Waals surface area contributed by atoms with Crippen molar-refractivity contribution >= 4 is 5.97 Å². The Kier molecular flexibility index (Phi) is 3.82. The van der Waals surface area contributed by atoms with Gasteiger partial charge in [0.15, 0.2) is 5.69 Å². The number of benzene rings is 2. The zero-order valence-corrected chi connectivity index (χ0v) is 11.6. The average Bonchev–Trinajstić information content (AvgIpc) is 2.99. The summed E-state index contributed by atoms with van der Waals surface area (Å²) in [5.41, 5.74) is 1.01. The van der Waals surface area contributed by atoms with E-state index in [0.717, 1.165) is 5.69 Å². The number of aromatic nitrogens is 3. The van der Waals surface area contributed by atoms with Crippen LogP contribution in [-0.4, -0.2) is 26.1 Å². The normalized spacial score (nSPS) is 10.4. The van der Waals surface area contributed by atoms with E-state index in [1.807, 2.05) is 48.5 Å². The van der Waals surface area contributed by atoms with E-state index < -0.39 is 5.97 Å². The van der Waals surface area contributed by atoms with E-state index >= 15 is 0 Å². The molecule has 1 N–H and O–H groups in total. The van der Waals surface area contributed by atoms with Crippen molar-refractivity contribution in [2.75, 3.05) is 0 Å². The molecule has 0 radical (unpaired) electrons. The van der Waals surface area contributed by atoms with Gasteiger partial charge in [-0.25, -0.2) is 9.48 Å². The van der Waals surface area contributed by atoms with Crippen LogP contribution in [-0.2, 0) is 6.61 Å². The molecule has 0 aliphatic carbocycles. The number of aromatic carboxylic acids is 1. The van der Waals surface area contributed by atoms with Gasteiger partial charge < -0.3 is 9.84 Å². The van der Waals surface area contributed by atoms with E-state index in [9.17, 15) is 9.90 Å². The van der Waals surface area contributed by atoms with Gasteiger partial charge in [-0.2, -0.15) is 0 Å². The number of carboxylic acids is 1. The summed E-state index contributed by atoms with van der Waals surface area (Å²) in [4.78, 5) is 11.3. The minimum Gasteiger partial charge on any atom is -0.487 e. The Morgan fingerprint density at radius 1 is 1.05 bits per heavy atom. The third-order valence-corrected chi connectivity index (χ3v) is 3.09. The Hall–Kier alpha value is -3.15. The molecule has 0 saturated heterocycles. The van der Waals surface area contributed by atoms with Gasteiger partial charge >= 0.3 is 5.97 Å². The fourth-order valence-electron chi connectivity index (χ4n) is 2.04. The fourth-order valence-corrected chi connectivity index (χ4v) is 2.04. The first-order valence-corrected chi connectivity index (χ1v) is 6.67. The van der Waals surface area contributed by atoms with E-state index in [4.69, 9.17) is 4.74 Å². The maximum atomic E-state index is 11.3. The molecule has 0 unspecified atom stereocenters. The summed E-state index contributed by atoms with van der Waals surface area (Å²) in [7, 11) is 0. The van der Waals surface area contributed by atoms with Crippen LogP contribution >= 0.6 is 0 Å². The summed E-state index contributed by atoms with van der Waals surface area (Å²) < 4.78 is 7.12. The highest BCUT2D eigenvalue weighted by molar-refractivity contribution is 5.86. The molecule has 0 spiro atoms. The smallest absolute Gasteiger partial charge is 0.358 e. The largest absolute Gasteiger partial charge is 0.487 e. The van der Waals surface area contributed by atoms with E-state index in [1.165, 1.54) is 4.68 Å². The first kappa shape index (κ1) is 13.8. The van der Waals surface area contributed by atoms with Crippen LogP contribution < -0.4 is 4.74 Å². The number of rotatable bonds is 5. The molecule has 0 bridgehead atoms. The summed E-state index contributed by atoms with van der Waals surface area (Å²) in [5, 5.41) is 16.9. The first-order chi connectivity index (χ1) is 10.8. The summed E-state index contributed by atoms with van der Waals surface area (Å²) in [6, 6.07) is 18.4. The lowest BCUT2D eigenvalue weighted by Gasteiger charge is -2.09. The predicted octanol–water partition coefficient (Wildman–Crippen LogP) is 2.54. The summed E-state index contributed by atoms with van der Waals surface area (Å²) in [6.45, 7) is 0.0630. The Balaban J connectivity index is 1.94. The standard InChI is InChI=1S/C16H13N3O3/c20-16(21)15-14(11-22-13-9-5-2-6-10-13)19(18-17-15)12-7-3-1-4-8-12/h1-10H,11H2,(H,20,21). The van der Waals surface area contributed by atoms with Crippen molar-refractivity contribution < 1.29 is 14.6 Å². The van der Waals surface area contributed by atoms with Crippen molar-refractivity contribution in [1.29, 1.82) is 0 Å². The molecule has 0 atom stereocenters. The van der Waals surface area contributed by atoms with Gasteiger partial charge in [-0.05, 0) is 24.3 Å². The van der Waals surface area contributed by atoms with Gasteiger partial charge in [0, 0.05) is 0 Å². The average molecular weight is 295 g/mol. The van der Waals surface area contributed by atoms with Crippen LogP contribution in [0.3, 0.4) is 0 Å². The monoisotopic (exact) mass is 295 g/mol. The molecule has 2 aromatic carbocycles. The van der Waals surface area contributed by atoms with E-state index in [0.29, 0.717) is 11.4 Å². The first-order valence-electron chi connectivity index (χ1n) is 6.67. The molecule has 0 amide bonds. The molecular formula is C16H13N3O3. The van der Waals surface area contributed by atoms with Gasteiger partial charge in [0.05, 0.1) is 5.69 Å². The molecule has 0 aliphatic heterocycles. The maximum absolute atomic E-state index is 11.3. The number of carbonyl (C=O) groups is 1. The molecule has 3 rings (SSSR count). The van der Waals surface area contributed by atoms with Gasteiger partial charge in [-0.3, -0.25) is 0 Å². The molecule has 22 heavy (non-hydrogen) atoms. The number of nitrogens with zero attached hydrogens (tertiary/aromatic N) is 3. The minimum atomic E-state index is -1.13. The predicted molar refractivity (Wildman–Crippen MR) is 79.1 cm³/mol. The van der Waals surface area contributed by atoms with E-state index in [1.54, 1.807) is 12.1 Å². The second kappa shape index (κ2) is 6.09. The minimum absolute atomic E-state index is 0.0630. The molecule has 0 aliphatic rings. The number of para-hydroxylation sites is 2. The number of hydrogen-bond acceptors (Lipinski definition) is 4. The van der Waals surface area contributed by atoms with Crippen LogP contribution in [0, 0.1) is 0 Å². The van der Waals surface area contributed by atoms with Crippen molar-refractivity contribution in [2.24, 2.45) is 0 Å². The van der Waals surface area contributed by atoms with Crippen molar-refractivity contribution in [3.63, 3.8) is 0 Å². The van der Waals surface area contributed by atoms with Gasteiger partial charge in [0.2, 0.25) is 0 Å². The fraction of sp³-hybridized carbons (Fsp3) is 0.0625. The Morgan fingerprint density at radius 2 is 1.68 bits per heavy atom. The number of ether oxygens (including phenoxy) is 1. The molecule has 3 aromatic rings. The van der Waals surface area contributed by atoms with Crippen LogP contribution in [0.15, 0.2) is 60.7 Å². The summed E-state index contributed by atoms with van der Waals surface area (Å²) >= 11 is 0. The molecule has 6 nitrogen and oxygen atoms in total. The van der Waals surface area contributed by atoms with Gasteiger partial charge in [0.25, 0.3) is 0 Å². The quantitative estimate of drug-likeness (QED) is 0.782. The molecule has 1 heterocycles. The lowest BCUT2D eigenvalue weighted by atomic mass is 10.3. The third kappa shape index (κ3) is 2.80. The molecule has 1 aromatic heterocycles. The second-order valence-corrected chi connectivity index (χ2v) is 4.54. The number of carboxylic acid groups (broad SMARTS) is 1. The highest BCUT2D eigenvalue weighted by atomic mass is 16.5. The topological polar surface area (TPSA) is 77.2 Å². The van der Waals surface area contributed by atoms with Crippen molar-refractivity contribution in [2.45, 2.75) is 6.61 Å². The van der Waals surface area contributed by atoms with Crippen molar-refractivity contribution in [3.05, 3.63) is 72.1 Å². The van der Waals surface area contributed by atoms with Crippen LogP contribution in [0.1, 0.15) is 16.2 Å². The van der Waals surface area contributed by atoms with Crippen LogP contribution in [0.25, 0.3) is 5.69 Å². The second-order valence-electron chi connectivity index (χ2n) is 4.54. The highest BCUT2D eigenvalue weighted by Gasteiger charge is 2.20. The molecule has 0 saturated carbocycles.